The minimum absolute atomic E-state index is 0.0362. The molecular weight excluding hydrogens is 739 g/mol. The SMILES string of the molecule is C[C@H]1CCCC1n1c(=O)ccc2cnc(NC3CCN(S(=O)(=O)CCCCCCCCCOc4cccc5c4C(=O)N(C4CCC(=O)NC4=O)C5=O)CC3)nc21. The Morgan fingerprint density at radius 3 is 2.36 bits per heavy atom. The molecule has 2 aromatic heterocycles. The number of aromatic nitrogens is 3. The third kappa shape index (κ3) is 8.50. The molecule has 1 aliphatic carbocycles. The van der Waals surface area contributed by atoms with E-state index in [1.54, 1.807) is 40.8 Å². The number of unbranched alkanes of at least 4 members (excludes halogenated alkanes) is 6. The van der Waals surface area contributed by atoms with Crippen LogP contribution in [0.4, 0.5) is 5.95 Å². The molecule has 3 atom stereocenters. The van der Waals surface area contributed by atoms with Gasteiger partial charge in [-0.05, 0) is 69.1 Å². The summed E-state index contributed by atoms with van der Waals surface area (Å²) >= 11 is 0. The topological polar surface area (TPSA) is 190 Å². The van der Waals surface area contributed by atoms with Crippen LogP contribution < -0.4 is 20.9 Å². The summed E-state index contributed by atoms with van der Waals surface area (Å²) < 4.78 is 35.6. The van der Waals surface area contributed by atoms with Gasteiger partial charge < -0.3 is 10.1 Å². The number of imide groups is 2. The van der Waals surface area contributed by atoms with Crippen LogP contribution in [0, 0.1) is 5.92 Å². The molecule has 2 N–H and O–H groups in total. The molecule has 7 rings (SSSR count). The minimum Gasteiger partial charge on any atom is -0.493 e. The van der Waals surface area contributed by atoms with Gasteiger partial charge in [-0.25, -0.2) is 17.7 Å². The number of carbonyl (C=O) groups excluding carboxylic acids is 4. The standard InChI is InChI=1S/C40H51N7O8S/c1-26-11-9-13-30(26)46-34(49)18-15-27-25-41-40(44-36(27)46)42-28-19-21-45(22-20-28)56(53,54)24-8-6-4-2-3-5-7-23-55-32-14-10-12-29-35(32)39(52)47(38(29)51)31-16-17-33(48)43-37(31)50/h10,12,14-15,18,25-26,28,30-31H,2-9,11,13,16-17,19-24H2,1H3,(H,41,42,44)(H,43,48,50)/t26-,30?,31?/m0/s1. The maximum atomic E-state index is 13.2. The number of carbonyl (C=O) groups is 4. The summed E-state index contributed by atoms with van der Waals surface area (Å²) in [5, 5.41) is 6.43. The highest BCUT2D eigenvalue weighted by atomic mass is 32.2. The van der Waals surface area contributed by atoms with Crippen molar-refractivity contribution in [1.82, 2.24) is 29.1 Å². The smallest absolute Gasteiger partial charge is 0.266 e. The predicted molar refractivity (Wildman–Crippen MR) is 209 cm³/mol. The number of benzene rings is 1. The van der Waals surface area contributed by atoms with Gasteiger partial charge in [0.05, 0.1) is 23.5 Å². The lowest BCUT2D eigenvalue weighted by Gasteiger charge is -2.31. The first-order valence-corrected chi connectivity index (χ1v) is 21.7. The highest BCUT2D eigenvalue weighted by Crippen LogP contribution is 2.36. The van der Waals surface area contributed by atoms with Crippen molar-refractivity contribution in [1.29, 1.82) is 0 Å². The number of nitrogens with zero attached hydrogens (tertiary/aromatic N) is 5. The van der Waals surface area contributed by atoms with Gasteiger partial charge in [-0.2, -0.15) is 4.98 Å². The van der Waals surface area contributed by atoms with Gasteiger partial charge in [-0.3, -0.25) is 38.8 Å². The molecule has 4 amide bonds. The second-order valence-electron chi connectivity index (χ2n) is 15.6. The largest absolute Gasteiger partial charge is 0.493 e. The molecule has 2 unspecified atom stereocenters. The van der Waals surface area contributed by atoms with Crippen LogP contribution >= 0.6 is 0 Å². The zero-order chi connectivity index (χ0) is 39.4. The molecule has 1 saturated carbocycles. The van der Waals surface area contributed by atoms with E-state index in [0.717, 1.165) is 68.1 Å². The Morgan fingerprint density at radius 1 is 0.875 bits per heavy atom. The Morgan fingerprint density at radius 2 is 1.62 bits per heavy atom. The average molecular weight is 790 g/mol. The van der Waals surface area contributed by atoms with Crippen LogP contribution in [0.25, 0.3) is 11.0 Å². The fourth-order valence-corrected chi connectivity index (χ4v) is 10.2. The number of anilines is 1. The molecule has 2 saturated heterocycles. The Bertz CT molecular complexity index is 2150. The highest BCUT2D eigenvalue weighted by molar-refractivity contribution is 7.89. The van der Waals surface area contributed by atoms with E-state index in [1.807, 2.05) is 4.57 Å². The lowest BCUT2D eigenvalue weighted by Crippen LogP contribution is -2.54. The number of piperidine rings is 2. The van der Waals surface area contributed by atoms with Gasteiger partial charge >= 0.3 is 0 Å². The van der Waals surface area contributed by atoms with Crippen LogP contribution in [0.1, 0.15) is 124 Å². The van der Waals surface area contributed by atoms with Crippen LogP contribution in [-0.4, -0.2) is 93.3 Å². The van der Waals surface area contributed by atoms with Gasteiger partial charge in [0.1, 0.15) is 17.4 Å². The number of hydrogen-bond acceptors (Lipinski definition) is 11. The number of amides is 4. The third-order valence-corrected chi connectivity index (χ3v) is 13.7. The minimum atomic E-state index is -3.35. The van der Waals surface area contributed by atoms with Gasteiger partial charge in [0.2, 0.25) is 27.8 Å². The lowest BCUT2D eigenvalue weighted by atomic mass is 10.0. The zero-order valence-electron chi connectivity index (χ0n) is 31.9. The molecule has 3 aromatic rings. The van der Waals surface area contributed by atoms with E-state index in [1.165, 1.54) is 0 Å². The van der Waals surface area contributed by atoms with Crippen molar-refractivity contribution in [3.8, 4) is 5.75 Å². The number of ether oxygens (including phenoxy) is 1. The van der Waals surface area contributed by atoms with Crippen molar-refractivity contribution >= 4 is 50.6 Å². The van der Waals surface area contributed by atoms with E-state index in [4.69, 9.17) is 9.72 Å². The summed E-state index contributed by atoms with van der Waals surface area (Å²) in [5.74, 6) is -0.917. The molecule has 0 spiro atoms. The number of sulfonamides is 1. The van der Waals surface area contributed by atoms with Gasteiger partial charge in [-0.1, -0.05) is 51.5 Å². The van der Waals surface area contributed by atoms with E-state index < -0.39 is 39.7 Å². The Hall–Kier alpha value is -4.70. The first-order chi connectivity index (χ1) is 27.0. The van der Waals surface area contributed by atoms with E-state index in [-0.39, 0.29) is 47.4 Å². The van der Waals surface area contributed by atoms with Crippen molar-refractivity contribution in [2.24, 2.45) is 5.92 Å². The van der Waals surface area contributed by atoms with E-state index in [9.17, 15) is 32.4 Å². The molecule has 4 aliphatic rings. The van der Waals surface area contributed by atoms with Crippen molar-refractivity contribution in [2.75, 3.05) is 30.8 Å². The first kappa shape index (κ1) is 39.5. The number of rotatable bonds is 16. The average Bonchev–Trinajstić information content (AvgIpc) is 3.71. The molecule has 300 valence electrons. The van der Waals surface area contributed by atoms with Gasteiger partial charge in [0.15, 0.2) is 0 Å². The summed E-state index contributed by atoms with van der Waals surface area (Å²) in [7, 11) is -3.35. The summed E-state index contributed by atoms with van der Waals surface area (Å²) in [4.78, 5) is 73.3. The van der Waals surface area contributed by atoms with Crippen LogP contribution in [0.15, 0.2) is 41.3 Å². The number of fused-ring (bicyclic) bond motifs is 2. The lowest BCUT2D eigenvalue weighted by molar-refractivity contribution is -0.136. The second kappa shape index (κ2) is 17.2. The van der Waals surface area contributed by atoms with Crippen molar-refractivity contribution in [3.05, 3.63) is 58.0 Å². The van der Waals surface area contributed by atoms with E-state index in [2.05, 4.69) is 22.5 Å². The maximum Gasteiger partial charge on any atom is 0.266 e. The molecule has 3 aliphatic heterocycles. The van der Waals surface area contributed by atoms with Gasteiger partial charge in [-0.15, -0.1) is 0 Å². The van der Waals surface area contributed by atoms with Gasteiger partial charge in [0.25, 0.3) is 17.4 Å². The van der Waals surface area contributed by atoms with Crippen LogP contribution in [0.2, 0.25) is 0 Å². The van der Waals surface area contributed by atoms with Crippen LogP contribution in [-0.2, 0) is 19.6 Å². The summed E-state index contributed by atoms with van der Waals surface area (Å²) in [6.07, 6.45) is 12.3. The van der Waals surface area contributed by atoms with E-state index in [0.29, 0.717) is 62.2 Å². The number of nitrogens with one attached hydrogen (secondary N) is 2. The summed E-state index contributed by atoms with van der Waals surface area (Å²) in [5.41, 5.74) is 0.944. The normalized spacial score (nSPS) is 22.2. The molecule has 0 bridgehead atoms. The fourth-order valence-electron chi connectivity index (χ4n) is 8.58. The van der Waals surface area contributed by atoms with Crippen LogP contribution in [0.5, 0.6) is 5.75 Å². The maximum absolute atomic E-state index is 13.2. The van der Waals surface area contributed by atoms with Crippen molar-refractivity contribution in [2.45, 2.75) is 115 Å². The molecule has 0 radical (unpaired) electrons. The van der Waals surface area contributed by atoms with Crippen molar-refractivity contribution < 1.29 is 32.3 Å². The molecule has 56 heavy (non-hydrogen) atoms. The predicted octanol–water partition coefficient (Wildman–Crippen LogP) is 4.57. The summed E-state index contributed by atoms with van der Waals surface area (Å²) in [6, 6.07) is 7.34. The fraction of sp³-hybridized carbons (Fsp3) is 0.575. The molecule has 5 heterocycles. The molecular formula is C40H51N7O8S. The quantitative estimate of drug-likeness (QED) is 0.153. The number of pyridine rings is 1. The highest BCUT2D eigenvalue weighted by Gasteiger charge is 2.46. The molecule has 15 nitrogen and oxygen atoms in total. The zero-order valence-corrected chi connectivity index (χ0v) is 32.7. The monoisotopic (exact) mass is 789 g/mol. The Kier molecular flexibility index (Phi) is 12.1. The van der Waals surface area contributed by atoms with E-state index >= 15 is 0 Å². The van der Waals surface area contributed by atoms with Crippen LogP contribution in [0.3, 0.4) is 0 Å². The van der Waals surface area contributed by atoms with Gasteiger partial charge in [0, 0.05) is 49.2 Å². The summed E-state index contributed by atoms with van der Waals surface area (Å²) in [6.45, 7) is 3.42. The third-order valence-electron chi connectivity index (χ3n) is 11.7. The second-order valence-corrected chi connectivity index (χ2v) is 17.7. The Labute approximate surface area is 326 Å². The molecule has 3 fully saturated rings. The first-order valence-electron chi connectivity index (χ1n) is 20.1. The molecule has 1 aromatic carbocycles. The number of hydrogen-bond donors (Lipinski definition) is 2. The molecule has 16 heteroatoms. The van der Waals surface area contributed by atoms with Crippen molar-refractivity contribution in [3.63, 3.8) is 0 Å². The Balaban J connectivity index is 0.783.